The second-order valence-electron chi connectivity index (χ2n) is 5.75. The highest BCUT2D eigenvalue weighted by Gasteiger charge is 2.12. The van der Waals surface area contributed by atoms with E-state index >= 15 is 0 Å². The summed E-state index contributed by atoms with van der Waals surface area (Å²) in [5, 5.41) is 7.30. The first-order valence-electron chi connectivity index (χ1n) is 8.86. The van der Waals surface area contributed by atoms with E-state index in [4.69, 9.17) is 0 Å². The molecule has 0 aliphatic rings. The summed E-state index contributed by atoms with van der Waals surface area (Å²) in [5.41, 5.74) is 1.13. The van der Waals surface area contributed by atoms with Crippen LogP contribution in [0.4, 0.5) is 0 Å². The second-order valence-corrected chi connectivity index (χ2v) is 6.95. The van der Waals surface area contributed by atoms with E-state index in [0.717, 1.165) is 17.0 Å². The van der Waals surface area contributed by atoms with Crippen LogP contribution in [0.25, 0.3) is 0 Å². The Morgan fingerprint density at radius 3 is 2.62 bits per heavy atom. The first kappa shape index (κ1) is 19.9. The minimum Gasteiger partial charge on any atom is -0.350 e. The van der Waals surface area contributed by atoms with Crippen molar-refractivity contribution in [3.8, 4) is 0 Å². The first-order chi connectivity index (χ1) is 12.7. The van der Waals surface area contributed by atoms with Crippen LogP contribution in [0.5, 0.6) is 0 Å². The van der Waals surface area contributed by atoms with E-state index < -0.39 is 0 Å². The minimum absolute atomic E-state index is 0.0434. The smallest absolute Gasteiger partial charge is 0.242 e. The first-order valence-corrected chi connectivity index (χ1v) is 9.67. The maximum absolute atomic E-state index is 12.5. The number of nitrogens with one attached hydrogen (secondary N) is 2. The van der Waals surface area contributed by atoms with Gasteiger partial charge in [0, 0.05) is 31.2 Å². The number of carbonyl (C=O) groups excluding carboxylic acids is 1. The summed E-state index contributed by atoms with van der Waals surface area (Å²) in [7, 11) is 1.70. The van der Waals surface area contributed by atoms with Crippen LogP contribution in [0.15, 0.2) is 41.5 Å². The number of aromatic nitrogens is 1. The van der Waals surface area contributed by atoms with Crippen molar-refractivity contribution in [2.75, 3.05) is 20.1 Å². The summed E-state index contributed by atoms with van der Waals surface area (Å²) in [6, 6.07) is 10.0. The molecule has 1 amide bonds. The van der Waals surface area contributed by atoms with Crippen molar-refractivity contribution in [1.82, 2.24) is 20.5 Å². The van der Waals surface area contributed by atoms with Crippen molar-refractivity contribution in [1.29, 1.82) is 0 Å². The summed E-state index contributed by atoms with van der Waals surface area (Å²) >= 11 is 1.69. The van der Waals surface area contributed by atoms with E-state index in [1.165, 1.54) is 4.88 Å². The summed E-state index contributed by atoms with van der Waals surface area (Å²) in [4.78, 5) is 24.1. The topological polar surface area (TPSA) is 69.6 Å². The van der Waals surface area contributed by atoms with Gasteiger partial charge in [0.1, 0.15) is 5.01 Å². The lowest BCUT2D eigenvalue weighted by molar-refractivity contribution is -0.130. The lowest BCUT2D eigenvalue weighted by atomic mass is 10.2. The number of hydrogen-bond acceptors (Lipinski definition) is 4. The normalized spacial score (nSPS) is 11.3. The Bertz CT molecular complexity index is 714. The van der Waals surface area contributed by atoms with Crippen molar-refractivity contribution >= 4 is 23.2 Å². The van der Waals surface area contributed by atoms with Crippen LogP contribution in [0, 0.1) is 0 Å². The molecule has 0 aliphatic heterocycles. The molecule has 0 radical (unpaired) electrons. The van der Waals surface area contributed by atoms with Crippen LogP contribution in [-0.4, -0.2) is 41.9 Å². The number of carbonyl (C=O) groups is 1. The number of hydrogen-bond donors (Lipinski definition) is 2. The molecule has 1 aromatic heterocycles. The Morgan fingerprint density at radius 2 is 2.00 bits per heavy atom. The highest BCUT2D eigenvalue weighted by atomic mass is 32.1. The lowest BCUT2D eigenvalue weighted by Gasteiger charge is -2.22. The molecular formula is C19H27N5OS. The molecule has 140 valence electrons. The molecule has 1 heterocycles. The average Bonchev–Trinajstić information content (AvgIpc) is 3.15. The van der Waals surface area contributed by atoms with Crippen molar-refractivity contribution < 1.29 is 4.79 Å². The van der Waals surface area contributed by atoms with Gasteiger partial charge in [0.15, 0.2) is 5.96 Å². The Kier molecular flexibility index (Phi) is 8.08. The van der Waals surface area contributed by atoms with Gasteiger partial charge in [-0.2, -0.15) is 0 Å². The SMILES string of the molecule is CCc1cnc(CNC(=NC)NCC(=O)N(CC)Cc2ccccc2)s1. The fourth-order valence-corrected chi connectivity index (χ4v) is 3.23. The van der Waals surface area contributed by atoms with Crippen molar-refractivity contribution in [2.24, 2.45) is 4.99 Å². The fourth-order valence-electron chi connectivity index (χ4n) is 2.42. The minimum atomic E-state index is 0.0434. The number of likely N-dealkylation sites (N-methyl/N-ethyl adjacent to an activating group) is 1. The van der Waals surface area contributed by atoms with Gasteiger partial charge >= 0.3 is 0 Å². The second kappa shape index (κ2) is 10.6. The fraction of sp³-hybridized carbons (Fsp3) is 0.421. The van der Waals surface area contributed by atoms with Gasteiger partial charge in [-0.1, -0.05) is 37.3 Å². The number of thiazole rings is 1. The van der Waals surface area contributed by atoms with E-state index in [0.29, 0.717) is 25.6 Å². The molecule has 0 spiro atoms. The van der Waals surface area contributed by atoms with Gasteiger partial charge in [0.25, 0.3) is 0 Å². The summed E-state index contributed by atoms with van der Waals surface area (Å²) < 4.78 is 0. The summed E-state index contributed by atoms with van der Waals surface area (Å²) in [6.45, 7) is 6.19. The molecule has 0 atom stereocenters. The maximum atomic E-state index is 12.5. The quantitative estimate of drug-likeness (QED) is 0.551. The molecule has 26 heavy (non-hydrogen) atoms. The number of rotatable bonds is 8. The van der Waals surface area contributed by atoms with Crippen LogP contribution in [0.1, 0.15) is 29.3 Å². The Labute approximate surface area is 159 Å². The Balaban J connectivity index is 1.81. The van der Waals surface area contributed by atoms with Crippen LogP contribution in [0.2, 0.25) is 0 Å². The van der Waals surface area contributed by atoms with Gasteiger partial charge in [-0.15, -0.1) is 11.3 Å². The monoisotopic (exact) mass is 373 g/mol. The van der Waals surface area contributed by atoms with Crippen molar-refractivity contribution in [3.63, 3.8) is 0 Å². The molecule has 7 heteroatoms. The molecule has 0 bridgehead atoms. The van der Waals surface area contributed by atoms with Gasteiger partial charge in [0.2, 0.25) is 5.91 Å². The number of benzene rings is 1. The van der Waals surface area contributed by atoms with Crippen molar-refractivity contribution in [3.05, 3.63) is 52.0 Å². The van der Waals surface area contributed by atoms with Crippen LogP contribution < -0.4 is 10.6 Å². The van der Waals surface area contributed by atoms with Gasteiger partial charge in [-0.05, 0) is 18.9 Å². The van der Waals surface area contributed by atoms with Crippen molar-refractivity contribution in [2.45, 2.75) is 33.4 Å². The Morgan fingerprint density at radius 1 is 1.23 bits per heavy atom. The molecule has 1 aromatic carbocycles. The maximum Gasteiger partial charge on any atom is 0.242 e. The Hall–Kier alpha value is -2.41. The third-order valence-corrected chi connectivity index (χ3v) is 5.08. The third kappa shape index (κ3) is 6.15. The number of guanidine groups is 1. The standard InChI is InChI=1S/C19H27N5OS/c1-4-16-11-21-17(26-16)12-22-19(20-3)23-13-18(25)24(5-2)14-15-9-7-6-8-10-15/h6-11H,4-5,12-14H2,1-3H3,(H2,20,22,23). The number of aliphatic imine (C=N–C) groups is 1. The zero-order valence-corrected chi connectivity index (χ0v) is 16.5. The van der Waals surface area contributed by atoms with Gasteiger partial charge in [-0.3, -0.25) is 9.79 Å². The predicted molar refractivity (Wildman–Crippen MR) is 107 cm³/mol. The molecule has 0 saturated heterocycles. The summed E-state index contributed by atoms with van der Waals surface area (Å²) in [6.07, 6.45) is 2.90. The molecule has 2 aromatic rings. The molecule has 6 nitrogen and oxygen atoms in total. The lowest BCUT2D eigenvalue weighted by Crippen LogP contribution is -2.44. The third-order valence-electron chi connectivity index (χ3n) is 3.94. The predicted octanol–water partition coefficient (Wildman–Crippen LogP) is 2.42. The summed E-state index contributed by atoms with van der Waals surface area (Å²) in [5.74, 6) is 0.643. The van der Waals surface area contributed by atoms with E-state index in [1.807, 2.05) is 48.4 Å². The van der Waals surface area contributed by atoms with Crippen LogP contribution in [-0.2, 0) is 24.3 Å². The average molecular weight is 374 g/mol. The number of aryl methyl sites for hydroxylation is 1. The highest BCUT2D eigenvalue weighted by Crippen LogP contribution is 2.12. The zero-order chi connectivity index (χ0) is 18.8. The highest BCUT2D eigenvalue weighted by molar-refractivity contribution is 7.11. The zero-order valence-electron chi connectivity index (χ0n) is 15.7. The van der Waals surface area contributed by atoms with Crippen LogP contribution in [0.3, 0.4) is 0 Å². The molecule has 0 fully saturated rings. The van der Waals surface area contributed by atoms with E-state index in [9.17, 15) is 4.79 Å². The van der Waals surface area contributed by atoms with E-state index in [2.05, 4.69) is 27.5 Å². The van der Waals surface area contributed by atoms with Crippen LogP contribution >= 0.6 is 11.3 Å². The molecule has 0 aliphatic carbocycles. The largest absolute Gasteiger partial charge is 0.350 e. The molecule has 2 rings (SSSR count). The molecular weight excluding hydrogens is 346 g/mol. The van der Waals surface area contributed by atoms with Gasteiger partial charge in [-0.25, -0.2) is 4.98 Å². The molecule has 2 N–H and O–H groups in total. The van der Waals surface area contributed by atoms with E-state index in [-0.39, 0.29) is 12.5 Å². The van der Waals surface area contributed by atoms with Gasteiger partial charge in [0.05, 0.1) is 13.1 Å². The molecule has 0 saturated carbocycles. The molecule has 0 unspecified atom stereocenters. The van der Waals surface area contributed by atoms with Gasteiger partial charge < -0.3 is 15.5 Å². The number of amides is 1. The number of nitrogens with zero attached hydrogens (tertiary/aromatic N) is 3. The van der Waals surface area contributed by atoms with E-state index in [1.54, 1.807) is 18.4 Å².